The highest BCUT2D eigenvalue weighted by molar-refractivity contribution is 6.30. The Morgan fingerprint density at radius 2 is 1.88 bits per heavy atom. The first-order valence-electron chi connectivity index (χ1n) is 7.85. The zero-order valence-electron chi connectivity index (χ0n) is 13.9. The molecule has 0 heterocycles. The van der Waals surface area contributed by atoms with Crippen LogP contribution in [0.25, 0.3) is 0 Å². The maximum atomic E-state index is 12.3. The van der Waals surface area contributed by atoms with E-state index in [4.69, 9.17) is 21.4 Å². The van der Waals surface area contributed by atoms with Gasteiger partial charge in [0.05, 0.1) is 20.0 Å². The molecule has 0 saturated heterocycles. The Labute approximate surface area is 151 Å². The third kappa shape index (κ3) is 6.47. The van der Waals surface area contributed by atoms with E-state index in [1.165, 1.54) is 0 Å². The molecule has 2 N–H and O–H groups in total. The van der Waals surface area contributed by atoms with Gasteiger partial charge in [-0.1, -0.05) is 35.9 Å². The van der Waals surface area contributed by atoms with E-state index in [0.717, 1.165) is 11.1 Å². The van der Waals surface area contributed by atoms with E-state index in [1.54, 1.807) is 31.4 Å². The first-order chi connectivity index (χ1) is 12.0. The zero-order valence-corrected chi connectivity index (χ0v) is 14.6. The summed E-state index contributed by atoms with van der Waals surface area (Å²) in [5.74, 6) is -0.511. The number of carbonyl (C=O) groups excluding carboxylic acids is 1. The highest BCUT2D eigenvalue weighted by Crippen LogP contribution is 2.14. The first-order valence-corrected chi connectivity index (χ1v) is 8.22. The molecular weight excluding hydrogens is 342 g/mol. The molecule has 0 aliphatic carbocycles. The number of ether oxygens (including phenoxy) is 1. The molecule has 2 aromatic rings. The van der Waals surface area contributed by atoms with Crippen LogP contribution in [0.2, 0.25) is 5.02 Å². The highest BCUT2D eigenvalue weighted by Gasteiger charge is 2.17. The third-order valence-corrected chi connectivity index (χ3v) is 3.93. The maximum Gasteiger partial charge on any atom is 0.305 e. The van der Waals surface area contributed by atoms with Crippen molar-refractivity contribution in [2.24, 2.45) is 0 Å². The van der Waals surface area contributed by atoms with Crippen molar-refractivity contribution in [2.45, 2.75) is 25.3 Å². The second-order valence-corrected chi connectivity index (χ2v) is 6.16. The molecule has 1 atom stereocenters. The van der Waals surface area contributed by atoms with Crippen LogP contribution >= 0.6 is 11.6 Å². The van der Waals surface area contributed by atoms with Crippen LogP contribution in [-0.4, -0.2) is 30.1 Å². The quantitative estimate of drug-likeness (QED) is 0.757. The molecule has 0 fully saturated rings. The molecule has 0 unspecified atom stereocenters. The number of halogens is 1. The summed E-state index contributed by atoms with van der Waals surface area (Å²) in [6.07, 6.45) is 0.438. The first kappa shape index (κ1) is 18.8. The van der Waals surface area contributed by atoms with Gasteiger partial charge in [-0.25, -0.2) is 0 Å². The lowest BCUT2D eigenvalue weighted by Crippen LogP contribution is -2.38. The largest absolute Gasteiger partial charge is 0.497 e. The van der Waals surface area contributed by atoms with Crippen molar-refractivity contribution in [1.82, 2.24) is 5.32 Å². The molecule has 5 nitrogen and oxygen atoms in total. The number of nitrogens with one attached hydrogen (secondary N) is 1. The van der Waals surface area contributed by atoms with Crippen molar-refractivity contribution >= 4 is 23.5 Å². The Bertz CT molecular complexity index is 730. The highest BCUT2D eigenvalue weighted by atomic mass is 35.5. The van der Waals surface area contributed by atoms with Gasteiger partial charge in [0.25, 0.3) is 0 Å². The fourth-order valence-electron chi connectivity index (χ4n) is 2.54. The monoisotopic (exact) mass is 361 g/mol. The summed E-state index contributed by atoms with van der Waals surface area (Å²) < 4.78 is 5.14. The van der Waals surface area contributed by atoms with Crippen molar-refractivity contribution < 1.29 is 19.4 Å². The summed E-state index contributed by atoms with van der Waals surface area (Å²) in [5, 5.41) is 12.5. The molecule has 2 aromatic carbocycles. The van der Waals surface area contributed by atoms with Crippen molar-refractivity contribution in [1.29, 1.82) is 0 Å². The van der Waals surface area contributed by atoms with E-state index in [2.05, 4.69) is 5.32 Å². The number of aliphatic carboxylic acids is 1. The van der Waals surface area contributed by atoms with Gasteiger partial charge < -0.3 is 15.2 Å². The number of hydrogen-bond donors (Lipinski definition) is 2. The van der Waals surface area contributed by atoms with Crippen LogP contribution in [0.15, 0.2) is 48.5 Å². The van der Waals surface area contributed by atoms with Gasteiger partial charge in [0.15, 0.2) is 0 Å². The molecule has 1 amide bonds. The summed E-state index contributed by atoms with van der Waals surface area (Å²) in [4.78, 5) is 23.4. The Hall–Kier alpha value is -2.53. The van der Waals surface area contributed by atoms with Gasteiger partial charge in [-0.3, -0.25) is 9.59 Å². The summed E-state index contributed by atoms with van der Waals surface area (Å²) >= 11 is 5.86. The average molecular weight is 362 g/mol. The minimum atomic E-state index is -0.958. The molecule has 0 bridgehead atoms. The van der Waals surface area contributed by atoms with E-state index in [1.807, 2.05) is 24.3 Å². The van der Waals surface area contributed by atoms with E-state index in [-0.39, 0.29) is 18.7 Å². The fourth-order valence-corrected chi connectivity index (χ4v) is 2.66. The van der Waals surface area contributed by atoms with Crippen LogP contribution in [0.5, 0.6) is 5.75 Å². The topological polar surface area (TPSA) is 75.6 Å². The molecule has 25 heavy (non-hydrogen) atoms. The Kier molecular flexibility index (Phi) is 6.83. The van der Waals surface area contributed by atoms with Gasteiger partial charge in [-0.2, -0.15) is 0 Å². The van der Waals surface area contributed by atoms with Gasteiger partial charge in [0, 0.05) is 11.1 Å². The van der Waals surface area contributed by atoms with Crippen LogP contribution in [0.1, 0.15) is 17.5 Å². The molecule has 0 aliphatic heterocycles. The van der Waals surface area contributed by atoms with E-state index < -0.39 is 12.0 Å². The zero-order chi connectivity index (χ0) is 18.2. The van der Waals surface area contributed by atoms with Crippen LogP contribution < -0.4 is 10.1 Å². The molecule has 6 heteroatoms. The number of carboxylic acids is 1. The lowest BCUT2D eigenvalue weighted by molar-refractivity contribution is -0.137. The van der Waals surface area contributed by atoms with E-state index >= 15 is 0 Å². The predicted molar refractivity (Wildman–Crippen MR) is 96.0 cm³/mol. The molecule has 0 saturated carbocycles. The van der Waals surface area contributed by atoms with Crippen LogP contribution in [-0.2, 0) is 22.4 Å². The summed E-state index contributed by atoms with van der Waals surface area (Å²) in [6, 6.07) is 13.9. The molecule has 0 radical (unpaired) electrons. The standard InChI is InChI=1S/C19H20ClNO4/c1-25-17-4-2-3-14(10-17)11-18(22)21-16(12-19(23)24)9-13-5-7-15(20)8-6-13/h2-8,10,16H,9,11-12H2,1H3,(H,21,22)(H,23,24)/t16-/m0/s1. The third-order valence-electron chi connectivity index (χ3n) is 3.68. The number of benzene rings is 2. The van der Waals surface area contributed by atoms with Gasteiger partial charge >= 0.3 is 5.97 Å². The number of rotatable bonds is 8. The van der Waals surface area contributed by atoms with Gasteiger partial charge in [0.1, 0.15) is 5.75 Å². The van der Waals surface area contributed by atoms with Gasteiger partial charge in [-0.05, 0) is 41.8 Å². The smallest absolute Gasteiger partial charge is 0.305 e. The van der Waals surface area contributed by atoms with Crippen LogP contribution in [0, 0.1) is 0 Å². The minimum absolute atomic E-state index is 0.146. The lowest BCUT2D eigenvalue weighted by atomic mass is 10.0. The Balaban J connectivity index is 2.01. The van der Waals surface area contributed by atoms with Crippen LogP contribution in [0.4, 0.5) is 0 Å². The SMILES string of the molecule is COc1cccc(CC(=O)N[C@H](CC(=O)O)Cc2ccc(Cl)cc2)c1. The summed E-state index contributed by atoms with van der Waals surface area (Å²) in [7, 11) is 1.56. The van der Waals surface area contributed by atoms with Crippen molar-refractivity contribution in [3.8, 4) is 5.75 Å². The lowest BCUT2D eigenvalue weighted by Gasteiger charge is -2.17. The average Bonchev–Trinajstić information content (AvgIpc) is 2.56. The van der Waals surface area contributed by atoms with Gasteiger partial charge in [-0.15, -0.1) is 0 Å². The fraction of sp³-hybridized carbons (Fsp3) is 0.263. The van der Waals surface area contributed by atoms with E-state index in [0.29, 0.717) is 17.2 Å². The number of carboxylic acid groups (broad SMARTS) is 1. The number of methoxy groups -OCH3 is 1. The molecule has 132 valence electrons. The Morgan fingerprint density at radius 3 is 2.52 bits per heavy atom. The maximum absolute atomic E-state index is 12.3. The molecule has 2 rings (SSSR count). The molecule has 0 spiro atoms. The molecule has 0 aliphatic rings. The number of hydrogen-bond acceptors (Lipinski definition) is 3. The second kappa shape index (κ2) is 9.08. The normalized spacial score (nSPS) is 11.6. The van der Waals surface area contributed by atoms with Crippen LogP contribution in [0.3, 0.4) is 0 Å². The van der Waals surface area contributed by atoms with Gasteiger partial charge in [0.2, 0.25) is 5.91 Å². The summed E-state index contributed by atoms with van der Waals surface area (Å²) in [6.45, 7) is 0. The second-order valence-electron chi connectivity index (χ2n) is 5.72. The number of amides is 1. The van der Waals surface area contributed by atoms with Crippen molar-refractivity contribution in [3.05, 3.63) is 64.7 Å². The summed E-state index contributed by atoms with van der Waals surface area (Å²) in [5.41, 5.74) is 1.72. The van der Waals surface area contributed by atoms with Crippen molar-refractivity contribution in [3.63, 3.8) is 0 Å². The van der Waals surface area contributed by atoms with Crippen molar-refractivity contribution in [2.75, 3.05) is 7.11 Å². The van der Waals surface area contributed by atoms with E-state index in [9.17, 15) is 9.59 Å². The molecular formula is C19H20ClNO4. The number of carbonyl (C=O) groups is 2. The Morgan fingerprint density at radius 1 is 1.16 bits per heavy atom. The minimum Gasteiger partial charge on any atom is -0.497 e. The predicted octanol–water partition coefficient (Wildman–Crippen LogP) is 3.09. The molecule has 0 aromatic heterocycles.